The van der Waals surface area contributed by atoms with Gasteiger partial charge in [0, 0.05) is 13.1 Å². The number of halogens is 2. The van der Waals surface area contributed by atoms with Gasteiger partial charge in [-0.2, -0.15) is 0 Å². The Hall–Kier alpha value is -0.820. The first-order valence-corrected chi connectivity index (χ1v) is 7.84. The second-order valence-electron chi connectivity index (χ2n) is 3.76. The summed E-state index contributed by atoms with van der Waals surface area (Å²) < 4.78 is 22.7. The lowest BCUT2D eigenvalue weighted by atomic mass is 10.2. The fourth-order valence-corrected chi connectivity index (χ4v) is 3.08. The Morgan fingerprint density at radius 2 is 1.79 bits per heavy atom. The number of hydrogen-bond acceptors (Lipinski definition) is 3. The molecule has 0 atom stereocenters. The summed E-state index contributed by atoms with van der Waals surface area (Å²) in [5.74, 6) is -0.425. The van der Waals surface area contributed by atoms with Crippen LogP contribution in [-0.4, -0.2) is 32.3 Å². The molecule has 106 valence electrons. The SMILES string of the molecule is CCN(CC)C(=O)c1c(Cl)ccc(S(N)(=O)=O)c1Cl. The molecule has 0 aromatic heterocycles. The van der Waals surface area contributed by atoms with Crippen molar-refractivity contribution in [1.29, 1.82) is 0 Å². The predicted octanol–water partition coefficient (Wildman–Crippen LogP) is 2.12. The molecule has 0 heterocycles. The van der Waals surface area contributed by atoms with Crippen molar-refractivity contribution in [1.82, 2.24) is 4.90 Å². The fourth-order valence-electron chi connectivity index (χ4n) is 1.62. The first kappa shape index (κ1) is 16.2. The number of nitrogens with two attached hydrogens (primary N) is 1. The molecule has 1 rings (SSSR count). The molecule has 0 aliphatic carbocycles. The molecule has 1 amide bonds. The third-order valence-corrected chi connectivity index (χ3v) is 4.40. The van der Waals surface area contributed by atoms with E-state index in [0.29, 0.717) is 13.1 Å². The lowest BCUT2D eigenvalue weighted by Gasteiger charge is -2.20. The monoisotopic (exact) mass is 324 g/mol. The molecular formula is C11H14Cl2N2O3S. The summed E-state index contributed by atoms with van der Waals surface area (Å²) >= 11 is 11.9. The average Bonchev–Trinajstić information content (AvgIpc) is 2.28. The van der Waals surface area contributed by atoms with E-state index in [-0.39, 0.29) is 20.5 Å². The lowest BCUT2D eigenvalue weighted by Crippen LogP contribution is -2.31. The third kappa shape index (κ3) is 3.39. The molecule has 0 bridgehead atoms. The van der Waals surface area contributed by atoms with E-state index in [9.17, 15) is 13.2 Å². The van der Waals surface area contributed by atoms with Crippen LogP contribution in [-0.2, 0) is 10.0 Å². The second kappa shape index (κ2) is 6.09. The molecule has 1 aromatic rings. The zero-order chi connectivity index (χ0) is 14.8. The Morgan fingerprint density at radius 3 is 2.21 bits per heavy atom. The van der Waals surface area contributed by atoms with E-state index < -0.39 is 15.9 Å². The Bertz CT molecular complexity index is 598. The summed E-state index contributed by atoms with van der Waals surface area (Å²) in [7, 11) is -4.01. The smallest absolute Gasteiger partial charge is 0.256 e. The highest BCUT2D eigenvalue weighted by atomic mass is 35.5. The van der Waals surface area contributed by atoms with Crippen LogP contribution in [0.2, 0.25) is 10.0 Å². The molecule has 5 nitrogen and oxygen atoms in total. The highest BCUT2D eigenvalue weighted by Crippen LogP contribution is 2.31. The largest absolute Gasteiger partial charge is 0.339 e. The molecule has 0 unspecified atom stereocenters. The van der Waals surface area contributed by atoms with Crippen molar-refractivity contribution in [2.45, 2.75) is 18.7 Å². The topological polar surface area (TPSA) is 80.5 Å². The van der Waals surface area contributed by atoms with E-state index in [4.69, 9.17) is 28.3 Å². The highest BCUT2D eigenvalue weighted by Gasteiger charge is 2.24. The standard InChI is InChI=1S/C11H14Cl2N2O3S/c1-3-15(4-2)11(16)9-7(12)5-6-8(10(9)13)19(14,17)18/h5-6H,3-4H2,1-2H3,(H2,14,17,18). The minimum atomic E-state index is -4.01. The van der Waals surface area contributed by atoms with E-state index in [0.717, 1.165) is 0 Å². The molecule has 0 aliphatic rings. The van der Waals surface area contributed by atoms with E-state index >= 15 is 0 Å². The first-order chi connectivity index (χ1) is 8.73. The van der Waals surface area contributed by atoms with Gasteiger partial charge in [0.05, 0.1) is 15.6 Å². The Labute approximate surface area is 122 Å². The molecule has 0 aliphatic heterocycles. The van der Waals surface area contributed by atoms with Crippen LogP contribution in [0.5, 0.6) is 0 Å². The van der Waals surface area contributed by atoms with Crippen LogP contribution < -0.4 is 5.14 Å². The molecule has 1 aromatic carbocycles. The van der Waals surface area contributed by atoms with Gasteiger partial charge in [-0.05, 0) is 26.0 Å². The zero-order valence-electron chi connectivity index (χ0n) is 10.5. The number of carbonyl (C=O) groups is 1. The van der Waals surface area contributed by atoms with Gasteiger partial charge in [-0.15, -0.1) is 0 Å². The van der Waals surface area contributed by atoms with E-state index in [1.165, 1.54) is 17.0 Å². The molecule has 2 N–H and O–H groups in total. The highest BCUT2D eigenvalue weighted by molar-refractivity contribution is 7.89. The molecular weight excluding hydrogens is 311 g/mol. The van der Waals surface area contributed by atoms with Gasteiger partial charge in [-0.3, -0.25) is 4.79 Å². The van der Waals surface area contributed by atoms with E-state index in [1.807, 2.05) is 0 Å². The van der Waals surface area contributed by atoms with Crippen molar-refractivity contribution in [2.75, 3.05) is 13.1 Å². The molecule has 8 heteroatoms. The lowest BCUT2D eigenvalue weighted by molar-refractivity contribution is 0.0773. The van der Waals surface area contributed by atoms with Gasteiger partial charge in [-0.25, -0.2) is 13.6 Å². The van der Waals surface area contributed by atoms with Crippen LogP contribution in [0.25, 0.3) is 0 Å². The van der Waals surface area contributed by atoms with Gasteiger partial charge in [0.25, 0.3) is 5.91 Å². The number of nitrogens with zero attached hydrogens (tertiary/aromatic N) is 1. The number of carbonyl (C=O) groups excluding carboxylic acids is 1. The quantitative estimate of drug-likeness (QED) is 0.921. The van der Waals surface area contributed by atoms with Crippen LogP contribution in [0.4, 0.5) is 0 Å². The van der Waals surface area contributed by atoms with Gasteiger partial charge in [0.15, 0.2) is 0 Å². The predicted molar refractivity (Wildman–Crippen MR) is 75.1 cm³/mol. The summed E-state index contributed by atoms with van der Waals surface area (Å²) in [5, 5.41) is 4.89. The van der Waals surface area contributed by atoms with Crippen LogP contribution in [0.1, 0.15) is 24.2 Å². The zero-order valence-corrected chi connectivity index (χ0v) is 12.8. The normalized spacial score (nSPS) is 11.4. The van der Waals surface area contributed by atoms with Crippen LogP contribution in [0, 0.1) is 0 Å². The van der Waals surface area contributed by atoms with Gasteiger partial charge in [0.2, 0.25) is 10.0 Å². The summed E-state index contributed by atoms with van der Waals surface area (Å²) in [6, 6.07) is 2.48. The Balaban J connectivity index is 3.48. The van der Waals surface area contributed by atoms with E-state index in [2.05, 4.69) is 0 Å². The molecule has 0 spiro atoms. The number of hydrogen-bond donors (Lipinski definition) is 1. The number of amides is 1. The number of primary sulfonamides is 1. The minimum Gasteiger partial charge on any atom is -0.339 e. The summed E-state index contributed by atoms with van der Waals surface area (Å²) in [6.45, 7) is 4.52. The van der Waals surface area contributed by atoms with Gasteiger partial charge < -0.3 is 4.90 Å². The van der Waals surface area contributed by atoms with Crippen molar-refractivity contribution in [3.8, 4) is 0 Å². The van der Waals surface area contributed by atoms with Crippen LogP contribution >= 0.6 is 23.2 Å². The van der Waals surface area contributed by atoms with E-state index in [1.54, 1.807) is 13.8 Å². The maximum atomic E-state index is 12.2. The fraction of sp³-hybridized carbons (Fsp3) is 0.364. The van der Waals surface area contributed by atoms with Crippen molar-refractivity contribution in [3.05, 3.63) is 27.7 Å². The third-order valence-electron chi connectivity index (χ3n) is 2.63. The van der Waals surface area contributed by atoms with Gasteiger partial charge >= 0.3 is 0 Å². The molecule has 0 saturated heterocycles. The van der Waals surface area contributed by atoms with Crippen molar-refractivity contribution < 1.29 is 13.2 Å². The minimum absolute atomic E-state index is 0.0430. The van der Waals surface area contributed by atoms with Crippen molar-refractivity contribution in [2.24, 2.45) is 5.14 Å². The summed E-state index contributed by atoms with van der Waals surface area (Å²) in [4.78, 5) is 13.4. The Morgan fingerprint density at radius 1 is 1.26 bits per heavy atom. The van der Waals surface area contributed by atoms with Gasteiger partial charge in [-0.1, -0.05) is 23.2 Å². The summed E-state index contributed by atoms with van der Waals surface area (Å²) in [6.07, 6.45) is 0. The second-order valence-corrected chi connectivity index (χ2v) is 6.07. The van der Waals surface area contributed by atoms with Crippen LogP contribution in [0.15, 0.2) is 17.0 Å². The maximum absolute atomic E-state index is 12.2. The van der Waals surface area contributed by atoms with Crippen LogP contribution in [0.3, 0.4) is 0 Å². The van der Waals surface area contributed by atoms with Gasteiger partial charge in [0.1, 0.15) is 4.90 Å². The Kier molecular flexibility index (Phi) is 5.20. The average molecular weight is 325 g/mol. The van der Waals surface area contributed by atoms with Crippen molar-refractivity contribution >= 4 is 39.1 Å². The van der Waals surface area contributed by atoms with Crippen molar-refractivity contribution in [3.63, 3.8) is 0 Å². The maximum Gasteiger partial charge on any atom is 0.256 e. The summed E-state index contributed by atoms with van der Waals surface area (Å²) in [5.41, 5.74) is -0.0430. The molecule has 19 heavy (non-hydrogen) atoms. The molecule has 0 radical (unpaired) electrons. The number of rotatable bonds is 4. The molecule has 0 fully saturated rings. The number of benzene rings is 1. The number of sulfonamides is 1. The molecule has 0 saturated carbocycles. The first-order valence-electron chi connectivity index (χ1n) is 5.54.